The molecule has 0 spiro atoms. The minimum Gasteiger partial charge on any atom is -0.399 e. The van der Waals surface area contributed by atoms with Crippen LogP contribution in [-0.2, 0) is 0 Å². The summed E-state index contributed by atoms with van der Waals surface area (Å²) < 4.78 is 38.9. The summed E-state index contributed by atoms with van der Waals surface area (Å²) in [5.74, 6) is -0.336. The van der Waals surface area contributed by atoms with Crippen molar-refractivity contribution in [3.8, 4) is 0 Å². The highest BCUT2D eigenvalue weighted by molar-refractivity contribution is 5.66. The lowest BCUT2D eigenvalue weighted by Gasteiger charge is -2.13. The second kappa shape index (κ2) is 5.22. The molecule has 100 valence electrons. The number of hydrogen-bond donors (Lipinski definition) is 2. The van der Waals surface area contributed by atoms with Crippen LogP contribution in [0, 0.1) is 12.7 Å². The van der Waals surface area contributed by atoms with E-state index in [1.165, 1.54) is 30.3 Å². The van der Waals surface area contributed by atoms with Crippen molar-refractivity contribution >= 4 is 17.1 Å². The molecule has 0 aliphatic rings. The van der Waals surface area contributed by atoms with E-state index in [4.69, 9.17) is 5.73 Å². The van der Waals surface area contributed by atoms with Gasteiger partial charge in [-0.25, -0.2) is 13.2 Å². The standard InChI is InChI=1S/C14H13F3N2/c1-8-6-10(3-4-12(8)15)19-13-5-2-9(18)7-11(13)14(16)17/h2-7,14,19H,18H2,1H3. The van der Waals surface area contributed by atoms with Gasteiger partial charge < -0.3 is 11.1 Å². The molecule has 0 saturated carbocycles. The molecule has 5 heteroatoms. The number of halogens is 3. The molecule has 0 amide bonds. The van der Waals surface area contributed by atoms with Crippen molar-refractivity contribution in [3.63, 3.8) is 0 Å². The largest absolute Gasteiger partial charge is 0.399 e. The van der Waals surface area contributed by atoms with Crippen LogP contribution < -0.4 is 11.1 Å². The molecule has 3 N–H and O–H groups in total. The maximum Gasteiger partial charge on any atom is 0.265 e. The Morgan fingerprint density at radius 1 is 1.11 bits per heavy atom. The zero-order valence-corrected chi connectivity index (χ0v) is 10.3. The lowest BCUT2D eigenvalue weighted by Crippen LogP contribution is -1.99. The predicted molar refractivity (Wildman–Crippen MR) is 70.2 cm³/mol. The Hall–Kier alpha value is -2.17. The van der Waals surface area contributed by atoms with Crippen LogP contribution in [0.3, 0.4) is 0 Å². The third-order valence-electron chi connectivity index (χ3n) is 2.75. The number of alkyl halides is 2. The average molecular weight is 266 g/mol. The Morgan fingerprint density at radius 2 is 1.84 bits per heavy atom. The summed E-state index contributed by atoms with van der Waals surface area (Å²) in [5, 5.41) is 2.85. The second-order valence-corrected chi connectivity index (χ2v) is 4.24. The molecule has 19 heavy (non-hydrogen) atoms. The van der Waals surface area contributed by atoms with Crippen LogP contribution in [0.5, 0.6) is 0 Å². The summed E-state index contributed by atoms with van der Waals surface area (Å²) in [6.07, 6.45) is -2.63. The van der Waals surface area contributed by atoms with Gasteiger partial charge in [-0.2, -0.15) is 0 Å². The Morgan fingerprint density at radius 3 is 2.47 bits per heavy atom. The number of nitrogen functional groups attached to an aromatic ring is 1. The first-order chi connectivity index (χ1) is 8.97. The van der Waals surface area contributed by atoms with Crippen LogP contribution in [0.1, 0.15) is 17.6 Å². The van der Waals surface area contributed by atoms with E-state index in [-0.39, 0.29) is 22.8 Å². The molecular weight excluding hydrogens is 253 g/mol. The number of benzene rings is 2. The van der Waals surface area contributed by atoms with Crippen molar-refractivity contribution in [3.05, 3.63) is 53.3 Å². The summed E-state index contributed by atoms with van der Waals surface area (Å²) in [6.45, 7) is 1.61. The Bertz CT molecular complexity index is 597. The van der Waals surface area contributed by atoms with Crippen molar-refractivity contribution in [1.29, 1.82) is 0 Å². The highest BCUT2D eigenvalue weighted by atomic mass is 19.3. The van der Waals surface area contributed by atoms with Gasteiger partial charge in [0.1, 0.15) is 5.82 Å². The van der Waals surface area contributed by atoms with Crippen LogP contribution in [-0.4, -0.2) is 0 Å². The molecule has 2 aromatic carbocycles. The maximum absolute atomic E-state index is 13.1. The molecule has 0 saturated heterocycles. The molecule has 2 nitrogen and oxygen atoms in total. The van der Waals surface area contributed by atoms with Gasteiger partial charge in [-0.15, -0.1) is 0 Å². The third-order valence-corrected chi connectivity index (χ3v) is 2.75. The first-order valence-electron chi connectivity index (χ1n) is 5.68. The minimum atomic E-state index is -2.63. The normalized spacial score (nSPS) is 10.8. The molecule has 0 aliphatic heterocycles. The summed E-state index contributed by atoms with van der Waals surface area (Å²) in [6, 6.07) is 8.58. The van der Waals surface area contributed by atoms with Gasteiger partial charge in [0.2, 0.25) is 0 Å². The van der Waals surface area contributed by atoms with Gasteiger partial charge in [0, 0.05) is 22.6 Å². The van der Waals surface area contributed by atoms with E-state index in [9.17, 15) is 13.2 Å². The Labute approximate surface area is 109 Å². The number of aryl methyl sites for hydroxylation is 1. The zero-order valence-electron chi connectivity index (χ0n) is 10.3. The lowest BCUT2D eigenvalue weighted by atomic mass is 10.1. The molecule has 0 unspecified atom stereocenters. The van der Waals surface area contributed by atoms with Crippen molar-refractivity contribution in [2.45, 2.75) is 13.3 Å². The SMILES string of the molecule is Cc1cc(Nc2ccc(N)cc2C(F)F)ccc1F. The van der Waals surface area contributed by atoms with Crippen LogP contribution in [0.15, 0.2) is 36.4 Å². The van der Waals surface area contributed by atoms with Gasteiger partial charge in [-0.1, -0.05) is 0 Å². The van der Waals surface area contributed by atoms with Gasteiger partial charge in [-0.05, 0) is 48.9 Å². The lowest BCUT2D eigenvalue weighted by molar-refractivity contribution is 0.152. The van der Waals surface area contributed by atoms with E-state index in [1.54, 1.807) is 13.0 Å². The van der Waals surface area contributed by atoms with Crippen LogP contribution >= 0.6 is 0 Å². The molecule has 0 aromatic heterocycles. The fourth-order valence-corrected chi connectivity index (χ4v) is 1.75. The Kier molecular flexibility index (Phi) is 3.64. The number of anilines is 3. The molecule has 0 heterocycles. The van der Waals surface area contributed by atoms with E-state index >= 15 is 0 Å². The van der Waals surface area contributed by atoms with E-state index in [2.05, 4.69) is 5.32 Å². The number of hydrogen-bond acceptors (Lipinski definition) is 2. The van der Waals surface area contributed by atoms with Gasteiger partial charge in [0.25, 0.3) is 6.43 Å². The van der Waals surface area contributed by atoms with E-state index in [0.717, 1.165) is 0 Å². The molecular formula is C14H13F3N2. The number of rotatable bonds is 3. The Balaban J connectivity index is 2.35. The topological polar surface area (TPSA) is 38.0 Å². The van der Waals surface area contributed by atoms with Crippen LogP contribution in [0.2, 0.25) is 0 Å². The average Bonchev–Trinajstić information content (AvgIpc) is 2.36. The molecule has 0 bridgehead atoms. The number of nitrogens with two attached hydrogens (primary N) is 1. The number of nitrogens with one attached hydrogen (secondary N) is 1. The molecule has 0 fully saturated rings. The van der Waals surface area contributed by atoms with Gasteiger partial charge in [0.15, 0.2) is 0 Å². The van der Waals surface area contributed by atoms with Gasteiger partial charge in [-0.3, -0.25) is 0 Å². The predicted octanol–water partition coefficient (Wildman–Crippen LogP) is 4.40. The highest BCUT2D eigenvalue weighted by Crippen LogP contribution is 2.31. The summed E-state index contributed by atoms with van der Waals surface area (Å²) in [7, 11) is 0. The summed E-state index contributed by atoms with van der Waals surface area (Å²) >= 11 is 0. The van der Waals surface area contributed by atoms with Gasteiger partial charge in [0.05, 0.1) is 0 Å². The summed E-state index contributed by atoms with van der Waals surface area (Å²) in [5.41, 5.74) is 6.84. The summed E-state index contributed by atoms with van der Waals surface area (Å²) in [4.78, 5) is 0. The van der Waals surface area contributed by atoms with Crippen molar-refractivity contribution in [2.24, 2.45) is 0 Å². The first kappa shape index (κ1) is 13.3. The third kappa shape index (κ3) is 2.99. The molecule has 0 atom stereocenters. The molecule has 2 aromatic rings. The van der Waals surface area contributed by atoms with Gasteiger partial charge >= 0.3 is 0 Å². The molecule has 2 rings (SSSR count). The van der Waals surface area contributed by atoms with Crippen molar-refractivity contribution in [2.75, 3.05) is 11.1 Å². The van der Waals surface area contributed by atoms with Crippen LogP contribution in [0.25, 0.3) is 0 Å². The van der Waals surface area contributed by atoms with Crippen molar-refractivity contribution in [1.82, 2.24) is 0 Å². The van der Waals surface area contributed by atoms with E-state index in [1.807, 2.05) is 0 Å². The first-order valence-corrected chi connectivity index (χ1v) is 5.68. The monoisotopic (exact) mass is 266 g/mol. The van der Waals surface area contributed by atoms with Crippen molar-refractivity contribution < 1.29 is 13.2 Å². The van der Waals surface area contributed by atoms with Crippen LogP contribution in [0.4, 0.5) is 30.2 Å². The van der Waals surface area contributed by atoms with E-state index in [0.29, 0.717) is 11.3 Å². The smallest absolute Gasteiger partial charge is 0.265 e. The molecule has 0 radical (unpaired) electrons. The highest BCUT2D eigenvalue weighted by Gasteiger charge is 2.13. The maximum atomic E-state index is 13.1. The van der Waals surface area contributed by atoms with E-state index < -0.39 is 6.43 Å². The fourth-order valence-electron chi connectivity index (χ4n) is 1.75. The second-order valence-electron chi connectivity index (χ2n) is 4.24. The fraction of sp³-hybridized carbons (Fsp3) is 0.143. The zero-order chi connectivity index (χ0) is 14.0. The minimum absolute atomic E-state index is 0.179. The molecule has 0 aliphatic carbocycles. The quantitative estimate of drug-likeness (QED) is 0.808.